The number of carboxylic acid groups (broad SMARTS) is 1. The number of nitrogens with zero attached hydrogens (tertiary/aromatic N) is 1. The summed E-state index contributed by atoms with van der Waals surface area (Å²) in [5.41, 5.74) is 0. The second kappa shape index (κ2) is 6.00. The number of aliphatic carboxylic acids is 1. The molecular formula is C9H19NO2. The van der Waals surface area contributed by atoms with E-state index in [-0.39, 0.29) is 6.04 Å². The lowest BCUT2D eigenvalue weighted by atomic mass is 10.2. The minimum Gasteiger partial charge on any atom is -0.480 e. The van der Waals surface area contributed by atoms with Gasteiger partial charge in [0.15, 0.2) is 0 Å². The molecule has 0 spiro atoms. The zero-order valence-electron chi connectivity index (χ0n) is 8.21. The minimum atomic E-state index is -0.685. The standard InChI is InChI=1S/C6H11NO2.C3H8/c1-7-4-2-3-5(7)6(8)9;1-3-2/h5H,2-4H2,1H3,(H,8,9);3H2,1-2H3. The minimum absolute atomic E-state index is 0.218. The summed E-state index contributed by atoms with van der Waals surface area (Å²) in [6.07, 6.45) is 3.08. The molecule has 1 unspecified atom stereocenters. The van der Waals surface area contributed by atoms with Crippen LogP contribution in [0.5, 0.6) is 0 Å². The van der Waals surface area contributed by atoms with Gasteiger partial charge in [-0.1, -0.05) is 20.3 Å². The molecule has 0 saturated carbocycles. The van der Waals surface area contributed by atoms with Crippen molar-refractivity contribution in [3.05, 3.63) is 0 Å². The predicted octanol–water partition coefficient (Wildman–Crippen LogP) is 1.58. The summed E-state index contributed by atoms with van der Waals surface area (Å²) >= 11 is 0. The number of hydrogen-bond donors (Lipinski definition) is 1. The molecule has 0 aromatic rings. The van der Waals surface area contributed by atoms with Gasteiger partial charge in [-0.25, -0.2) is 0 Å². The van der Waals surface area contributed by atoms with E-state index in [0.717, 1.165) is 19.4 Å². The monoisotopic (exact) mass is 173 g/mol. The molecule has 1 aliphatic rings. The van der Waals surface area contributed by atoms with E-state index in [1.165, 1.54) is 6.42 Å². The number of hydrogen-bond acceptors (Lipinski definition) is 2. The molecular weight excluding hydrogens is 154 g/mol. The van der Waals surface area contributed by atoms with Crippen LogP contribution in [0.3, 0.4) is 0 Å². The van der Waals surface area contributed by atoms with Gasteiger partial charge in [0.1, 0.15) is 6.04 Å². The predicted molar refractivity (Wildman–Crippen MR) is 49.3 cm³/mol. The van der Waals surface area contributed by atoms with E-state index in [9.17, 15) is 4.79 Å². The number of carboxylic acids is 1. The van der Waals surface area contributed by atoms with Crippen molar-refractivity contribution in [2.75, 3.05) is 13.6 Å². The van der Waals surface area contributed by atoms with Gasteiger partial charge in [-0.3, -0.25) is 9.69 Å². The number of carbonyl (C=O) groups is 1. The molecule has 1 atom stereocenters. The molecule has 0 radical (unpaired) electrons. The molecule has 1 N–H and O–H groups in total. The zero-order chi connectivity index (χ0) is 9.56. The molecule has 1 aliphatic heterocycles. The zero-order valence-corrected chi connectivity index (χ0v) is 8.21. The molecule has 1 rings (SSSR count). The Balaban J connectivity index is 0.000000354. The van der Waals surface area contributed by atoms with Gasteiger partial charge in [0.05, 0.1) is 0 Å². The Bertz CT molecular complexity index is 136. The van der Waals surface area contributed by atoms with Gasteiger partial charge in [0, 0.05) is 0 Å². The first-order chi connectivity index (χ1) is 5.63. The third kappa shape index (κ3) is 3.72. The van der Waals surface area contributed by atoms with E-state index < -0.39 is 5.97 Å². The van der Waals surface area contributed by atoms with Crippen molar-refractivity contribution in [1.29, 1.82) is 0 Å². The van der Waals surface area contributed by atoms with Gasteiger partial charge in [0.25, 0.3) is 0 Å². The summed E-state index contributed by atoms with van der Waals surface area (Å²) in [6.45, 7) is 5.18. The number of likely N-dealkylation sites (tertiary alicyclic amines) is 1. The second-order valence-electron chi connectivity index (χ2n) is 3.18. The Labute approximate surface area is 74.4 Å². The highest BCUT2D eigenvalue weighted by atomic mass is 16.4. The van der Waals surface area contributed by atoms with Crippen molar-refractivity contribution in [1.82, 2.24) is 4.90 Å². The molecule has 0 bridgehead atoms. The average Bonchev–Trinajstić information content (AvgIpc) is 2.36. The first-order valence-corrected chi connectivity index (χ1v) is 4.56. The van der Waals surface area contributed by atoms with Crippen LogP contribution in [0.15, 0.2) is 0 Å². The van der Waals surface area contributed by atoms with Crippen LogP contribution in [0.25, 0.3) is 0 Å². The van der Waals surface area contributed by atoms with Crippen LogP contribution in [0.2, 0.25) is 0 Å². The van der Waals surface area contributed by atoms with E-state index in [2.05, 4.69) is 13.8 Å². The normalized spacial score (nSPS) is 23.1. The molecule has 72 valence electrons. The molecule has 1 saturated heterocycles. The lowest BCUT2D eigenvalue weighted by molar-refractivity contribution is -0.141. The van der Waals surface area contributed by atoms with Crippen molar-refractivity contribution >= 4 is 5.97 Å². The highest BCUT2D eigenvalue weighted by Gasteiger charge is 2.26. The molecule has 1 heterocycles. The fourth-order valence-electron chi connectivity index (χ4n) is 1.22. The Morgan fingerprint density at radius 2 is 2.08 bits per heavy atom. The Hall–Kier alpha value is -0.570. The Kier molecular flexibility index (Phi) is 5.72. The summed E-state index contributed by atoms with van der Waals surface area (Å²) in [4.78, 5) is 12.2. The first-order valence-electron chi connectivity index (χ1n) is 4.56. The van der Waals surface area contributed by atoms with Gasteiger partial charge >= 0.3 is 5.97 Å². The number of likely N-dealkylation sites (N-methyl/N-ethyl adjacent to an activating group) is 1. The van der Waals surface area contributed by atoms with Gasteiger partial charge in [-0.05, 0) is 26.4 Å². The fourth-order valence-corrected chi connectivity index (χ4v) is 1.22. The smallest absolute Gasteiger partial charge is 0.320 e. The van der Waals surface area contributed by atoms with E-state index in [1.54, 1.807) is 0 Å². The maximum Gasteiger partial charge on any atom is 0.320 e. The maximum atomic E-state index is 10.4. The average molecular weight is 173 g/mol. The third-order valence-corrected chi connectivity index (χ3v) is 1.81. The van der Waals surface area contributed by atoms with Crippen LogP contribution in [0.4, 0.5) is 0 Å². The molecule has 12 heavy (non-hydrogen) atoms. The molecule has 0 aliphatic carbocycles. The van der Waals surface area contributed by atoms with E-state index in [0.29, 0.717) is 0 Å². The van der Waals surface area contributed by atoms with Crippen LogP contribution < -0.4 is 0 Å². The highest BCUT2D eigenvalue weighted by molar-refractivity contribution is 5.73. The number of rotatable bonds is 1. The molecule has 0 aromatic heterocycles. The molecule has 1 fully saturated rings. The molecule has 3 heteroatoms. The molecule has 3 nitrogen and oxygen atoms in total. The van der Waals surface area contributed by atoms with Gasteiger partial charge in [-0.15, -0.1) is 0 Å². The summed E-state index contributed by atoms with van der Waals surface area (Å²) in [5.74, 6) is -0.685. The topological polar surface area (TPSA) is 40.5 Å². The van der Waals surface area contributed by atoms with Gasteiger partial charge in [-0.2, -0.15) is 0 Å². The SMILES string of the molecule is CCC.CN1CCCC1C(=O)O. The third-order valence-electron chi connectivity index (χ3n) is 1.81. The van der Waals surface area contributed by atoms with Crippen molar-refractivity contribution in [3.8, 4) is 0 Å². The lowest BCUT2D eigenvalue weighted by Gasteiger charge is -2.13. The second-order valence-corrected chi connectivity index (χ2v) is 3.18. The van der Waals surface area contributed by atoms with Crippen molar-refractivity contribution in [2.24, 2.45) is 0 Å². The Morgan fingerprint density at radius 3 is 2.25 bits per heavy atom. The van der Waals surface area contributed by atoms with Crippen molar-refractivity contribution in [2.45, 2.75) is 39.2 Å². The van der Waals surface area contributed by atoms with Crippen LogP contribution in [-0.2, 0) is 4.79 Å². The summed E-state index contributed by atoms with van der Waals surface area (Å²) in [7, 11) is 1.85. The van der Waals surface area contributed by atoms with Gasteiger partial charge in [0.2, 0.25) is 0 Å². The first kappa shape index (κ1) is 11.4. The van der Waals surface area contributed by atoms with Crippen LogP contribution in [0, 0.1) is 0 Å². The molecule has 0 aromatic carbocycles. The quantitative estimate of drug-likeness (QED) is 0.654. The largest absolute Gasteiger partial charge is 0.480 e. The van der Waals surface area contributed by atoms with E-state index in [4.69, 9.17) is 5.11 Å². The van der Waals surface area contributed by atoms with E-state index >= 15 is 0 Å². The van der Waals surface area contributed by atoms with Gasteiger partial charge < -0.3 is 5.11 Å². The van der Waals surface area contributed by atoms with Crippen LogP contribution in [0.1, 0.15) is 33.1 Å². The maximum absolute atomic E-state index is 10.4. The summed E-state index contributed by atoms with van der Waals surface area (Å²) < 4.78 is 0. The highest BCUT2D eigenvalue weighted by Crippen LogP contribution is 2.13. The Morgan fingerprint density at radius 1 is 1.58 bits per heavy atom. The lowest BCUT2D eigenvalue weighted by Crippen LogP contribution is -2.32. The molecule has 0 amide bonds. The van der Waals surface area contributed by atoms with Crippen molar-refractivity contribution in [3.63, 3.8) is 0 Å². The summed E-state index contributed by atoms with van der Waals surface area (Å²) in [5, 5.41) is 8.54. The van der Waals surface area contributed by atoms with Crippen molar-refractivity contribution < 1.29 is 9.90 Å². The summed E-state index contributed by atoms with van der Waals surface area (Å²) in [6, 6.07) is -0.218. The van der Waals surface area contributed by atoms with Crippen LogP contribution >= 0.6 is 0 Å². The fraction of sp³-hybridized carbons (Fsp3) is 0.889. The van der Waals surface area contributed by atoms with E-state index in [1.807, 2.05) is 11.9 Å². The van der Waals surface area contributed by atoms with Crippen LogP contribution in [-0.4, -0.2) is 35.6 Å².